The number of benzene rings is 1. The summed E-state index contributed by atoms with van der Waals surface area (Å²) < 4.78 is 4.99. The predicted octanol–water partition coefficient (Wildman–Crippen LogP) is 2.28. The second-order valence-corrected chi connectivity index (χ2v) is 4.74. The summed E-state index contributed by atoms with van der Waals surface area (Å²) >= 11 is 5.31. The first-order valence-electron chi connectivity index (χ1n) is 6.67. The summed E-state index contributed by atoms with van der Waals surface area (Å²) in [6.07, 6.45) is 0.958. The van der Waals surface area contributed by atoms with Gasteiger partial charge >= 0.3 is 12.1 Å². The Morgan fingerprint density at radius 1 is 1.24 bits per heavy atom. The smallest absolute Gasteiger partial charge is 0.408 e. The Labute approximate surface area is 128 Å². The number of halogens is 1. The molecule has 1 aromatic rings. The van der Waals surface area contributed by atoms with Gasteiger partial charge in [-0.1, -0.05) is 30.3 Å². The standard InChI is InChI=1S/C14H19ClN2O4/c15-16-9-5-4-8-12(13(18)19)17-14(20)21-10-11-6-2-1-3-7-11/h1-3,6-7,12,16H,4-5,8-10H2,(H,17,20)(H,18,19). The third kappa shape index (κ3) is 7.53. The Morgan fingerprint density at radius 2 is 1.95 bits per heavy atom. The number of unbranched alkanes of at least 4 members (excludes halogenated alkanes) is 1. The van der Waals surface area contributed by atoms with E-state index in [9.17, 15) is 9.59 Å². The topological polar surface area (TPSA) is 87.7 Å². The zero-order valence-corrected chi connectivity index (χ0v) is 12.3. The minimum Gasteiger partial charge on any atom is -0.480 e. The monoisotopic (exact) mass is 314 g/mol. The van der Waals surface area contributed by atoms with Gasteiger partial charge < -0.3 is 15.2 Å². The van der Waals surface area contributed by atoms with E-state index >= 15 is 0 Å². The van der Waals surface area contributed by atoms with Crippen LogP contribution in [0.25, 0.3) is 0 Å². The molecule has 0 aliphatic heterocycles. The number of carbonyl (C=O) groups is 2. The third-order valence-electron chi connectivity index (χ3n) is 2.82. The summed E-state index contributed by atoms with van der Waals surface area (Å²) in [5.41, 5.74) is 0.840. The number of carboxylic acids is 1. The SMILES string of the molecule is O=C(NC(CCCCNCl)C(=O)O)OCc1ccccc1. The molecule has 0 aromatic heterocycles. The van der Waals surface area contributed by atoms with Gasteiger partial charge in [0.2, 0.25) is 0 Å². The summed E-state index contributed by atoms with van der Waals surface area (Å²) in [7, 11) is 0. The molecule has 0 saturated carbocycles. The van der Waals surface area contributed by atoms with Crippen LogP contribution in [0.15, 0.2) is 30.3 Å². The molecule has 1 unspecified atom stereocenters. The van der Waals surface area contributed by atoms with Crippen molar-refractivity contribution < 1.29 is 19.4 Å². The summed E-state index contributed by atoms with van der Waals surface area (Å²) in [5, 5.41) is 11.4. The summed E-state index contributed by atoms with van der Waals surface area (Å²) in [4.78, 5) is 25.1. The molecule has 21 heavy (non-hydrogen) atoms. The molecule has 6 nitrogen and oxygen atoms in total. The zero-order chi connectivity index (χ0) is 15.5. The van der Waals surface area contributed by atoms with Crippen LogP contribution in [0, 0.1) is 0 Å². The largest absolute Gasteiger partial charge is 0.480 e. The number of carbonyl (C=O) groups excluding carboxylic acids is 1. The predicted molar refractivity (Wildman–Crippen MR) is 78.9 cm³/mol. The van der Waals surface area contributed by atoms with E-state index in [1.54, 1.807) is 0 Å². The van der Waals surface area contributed by atoms with Crippen LogP contribution in [0.4, 0.5) is 4.79 Å². The lowest BCUT2D eigenvalue weighted by Crippen LogP contribution is -2.41. The van der Waals surface area contributed by atoms with Crippen molar-refractivity contribution in [1.29, 1.82) is 0 Å². The van der Waals surface area contributed by atoms with Gasteiger partial charge in [-0.15, -0.1) is 0 Å². The number of amides is 1. The number of alkyl carbamates (subject to hydrolysis) is 1. The third-order valence-corrected chi connectivity index (χ3v) is 3.01. The molecule has 0 heterocycles. The van der Waals surface area contributed by atoms with Crippen molar-refractivity contribution in [3.05, 3.63) is 35.9 Å². The Kier molecular flexibility index (Phi) is 8.23. The summed E-state index contributed by atoms with van der Waals surface area (Å²) in [6, 6.07) is 8.22. The molecule has 0 bridgehead atoms. The molecule has 3 N–H and O–H groups in total. The molecule has 7 heteroatoms. The Hall–Kier alpha value is -1.79. The van der Waals surface area contributed by atoms with Crippen LogP contribution in [0.3, 0.4) is 0 Å². The molecule has 1 rings (SSSR count). The van der Waals surface area contributed by atoms with Gasteiger partial charge in [-0.25, -0.2) is 14.4 Å². The number of rotatable bonds is 9. The highest BCUT2D eigenvalue weighted by Crippen LogP contribution is 2.04. The average Bonchev–Trinajstić information content (AvgIpc) is 2.49. The van der Waals surface area contributed by atoms with Crippen LogP contribution in [-0.2, 0) is 16.1 Å². The van der Waals surface area contributed by atoms with Crippen molar-refractivity contribution in [2.24, 2.45) is 0 Å². The normalized spacial score (nSPS) is 11.7. The van der Waals surface area contributed by atoms with E-state index in [1.165, 1.54) is 0 Å². The fraction of sp³-hybridized carbons (Fsp3) is 0.429. The molecule has 1 aromatic carbocycles. The lowest BCUT2D eigenvalue weighted by Gasteiger charge is -2.14. The first-order valence-corrected chi connectivity index (χ1v) is 7.04. The van der Waals surface area contributed by atoms with Crippen LogP contribution in [0.1, 0.15) is 24.8 Å². The van der Waals surface area contributed by atoms with Crippen LogP contribution >= 0.6 is 11.8 Å². The van der Waals surface area contributed by atoms with Gasteiger partial charge in [0.25, 0.3) is 0 Å². The Bertz CT molecular complexity index is 442. The highest BCUT2D eigenvalue weighted by atomic mass is 35.5. The molecular weight excluding hydrogens is 296 g/mol. The van der Waals surface area contributed by atoms with E-state index in [2.05, 4.69) is 10.2 Å². The van der Waals surface area contributed by atoms with Crippen LogP contribution in [-0.4, -0.2) is 29.8 Å². The van der Waals surface area contributed by atoms with E-state index in [4.69, 9.17) is 21.6 Å². The van der Waals surface area contributed by atoms with Crippen molar-refractivity contribution in [2.45, 2.75) is 31.9 Å². The number of carboxylic acid groups (broad SMARTS) is 1. The molecule has 116 valence electrons. The van der Waals surface area contributed by atoms with E-state index in [1.807, 2.05) is 30.3 Å². The molecule has 0 radical (unpaired) electrons. The molecule has 0 saturated heterocycles. The quantitative estimate of drug-likeness (QED) is 0.481. The van der Waals surface area contributed by atoms with Gasteiger partial charge in [0, 0.05) is 6.54 Å². The molecule has 0 spiro atoms. The van der Waals surface area contributed by atoms with E-state index in [-0.39, 0.29) is 6.61 Å². The second kappa shape index (κ2) is 10.0. The van der Waals surface area contributed by atoms with Crippen LogP contribution in [0.5, 0.6) is 0 Å². The Balaban J connectivity index is 2.33. The highest BCUT2D eigenvalue weighted by molar-refractivity contribution is 6.13. The summed E-state index contributed by atoms with van der Waals surface area (Å²) in [5.74, 6) is -1.08. The maximum atomic E-state index is 11.6. The number of hydrogen-bond acceptors (Lipinski definition) is 4. The first-order chi connectivity index (χ1) is 10.1. The number of hydrogen-bond donors (Lipinski definition) is 3. The molecule has 0 aliphatic rings. The van der Waals surface area contributed by atoms with E-state index in [0.717, 1.165) is 12.0 Å². The van der Waals surface area contributed by atoms with Gasteiger partial charge in [0.1, 0.15) is 12.6 Å². The van der Waals surface area contributed by atoms with Gasteiger partial charge in [-0.3, -0.25) is 0 Å². The van der Waals surface area contributed by atoms with Crippen molar-refractivity contribution in [1.82, 2.24) is 10.2 Å². The molecule has 0 aliphatic carbocycles. The molecule has 1 atom stereocenters. The van der Waals surface area contributed by atoms with Crippen molar-refractivity contribution >= 4 is 23.8 Å². The van der Waals surface area contributed by atoms with Gasteiger partial charge in [-0.05, 0) is 36.6 Å². The van der Waals surface area contributed by atoms with Gasteiger partial charge in [0.15, 0.2) is 0 Å². The van der Waals surface area contributed by atoms with Crippen LogP contribution < -0.4 is 10.2 Å². The maximum Gasteiger partial charge on any atom is 0.408 e. The second-order valence-electron chi connectivity index (χ2n) is 4.48. The number of nitrogens with one attached hydrogen (secondary N) is 2. The molecule has 1 amide bonds. The molecular formula is C14H19ClN2O4. The van der Waals surface area contributed by atoms with Gasteiger partial charge in [-0.2, -0.15) is 0 Å². The first kappa shape index (κ1) is 17.3. The maximum absolute atomic E-state index is 11.6. The van der Waals surface area contributed by atoms with Crippen molar-refractivity contribution in [3.63, 3.8) is 0 Å². The highest BCUT2D eigenvalue weighted by Gasteiger charge is 2.20. The minimum atomic E-state index is -1.08. The zero-order valence-electron chi connectivity index (χ0n) is 11.5. The fourth-order valence-corrected chi connectivity index (χ4v) is 1.84. The van der Waals surface area contributed by atoms with E-state index < -0.39 is 18.1 Å². The molecule has 0 fully saturated rings. The minimum absolute atomic E-state index is 0.106. The van der Waals surface area contributed by atoms with Crippen LogP contribution in [0.2, 0.25) is 0 Å². The Morgan fingerprint density at radius 3 is 2.57 bits per heavy atom. The lowest BCUT2D eigenvalue weighted by molar-refractivity contribution is -0.139. The van der Waals surface area contributed by atoms with E-state index in [0.29, 0.717) is 19.4 Å². The lowest BCUT2D eigenvalue weighted by atomic mass is 10.1. The van der Waals surface area contributed by atoms with Crippen molar-refractivity contribution in [3.8, 4) is 0 Å². The summed E-state index contributed by atoms with van der Waals surface area (Å²) in [6.45, 7) is 0.696. The van der Waals surface area contributed by atoms with Crippen molar-refractivity contribution in [2.75, 3.05) is 6.54 Å². The fourth-order valence-electron chi connectivity index (χ4n) is 1.70. The van der Waals surface area contributed by atoms with Gasteiger partial charge in [0.05, 0.1) is 0 Å². The number of ether oxygens (including phenoxy) is 1. The average molecular weight is 315 g/mol. The number of aliphatic carboxylic acids is 1.